The van der Waals surface area contributed by atoms with Gasteiger partial charge in [-0.3, -0.25) is 4.99 Å². The molecule has 1 rings (SSSR count). The molecule has 0 fully saturated rings. The van der Waals surface area contributed by atoms with E-state index in [1.165, 1.54) is 36.1 Å². The van der Waals surface area contributed by atoms with Crippen molar-refractivity contribution in [2.24, 2.45) is 10.9 Å². The first-order valence-corrected chi connectivity index (χ1v) is 7.44. The van der Waals surface area contributed by atoms with Crippen LogP contribution in [0.25, 0.3) is 5.57 Å². The summed E-state index contributed by atoms with van der Waals surface area (Å²) in [4.78, 5) is 4.62. The molecule has 0 aliphatic heterocycles. The van der Waals surface area contributed by atoms with Crippen molar-refractivity contribution in [2.75, 3.05) is 7.11 Å². The molecule has 0 amide bonds. The second kappa shape index (κ2) is 8.57. The number of nitrogens with zero attached hydrogens (tertiary/aromatic N) is 1. The van der Waals surface area contributed by atoms with Gasteiger partial charge in [-0.15, -0.1) is 0 Å². The highest BCUT2D eigenvalue weighted by Gasteiger charge is 2.04. The molecular formula is C18H27NO. The first-order valence-electron chi connectivity index (χ1n) is 7.44. The fourth-order valence-corrected chi connectivity index (χ4v) is 1.97. The van der Waals surface area contributed by atoms with Crippen molar-refractivity contribution < 1.29 is 4.74 Å². The Hall–Kier alpha value is -1.57. The Balaban J connectivity index is 2.71. The van der Waals surface area contributed by atoms with Crippen LogP contribution < -0.4 is 4.74 Å². The van der Waals surface area contributed by atoms with Crippen LogP contribution in [-0.2, 0) is 0 Å². The van der Waals surface area contributed by atoms with Crippen LogP contribution in [0.15, 0.2) is 35.5 Å². The number of methoxy groups -OCH3 is 1. The maximum absolute atomic E-state index is 5.17. The quantitative estimate of drug-likeness (QED) is 0.614. The van der Waals surface area contributed by atoms with Gasteiger partial charge in [0.15, 0.2) is 0 Å². The van der Waals surface area contributed by atoms with Crippen LogP contribution in [0.2, 0.25) is 0 Å². The molecule has 1 aromatic rings. The van der Waals surface area contributed by atoms with Crippen LogP contribution in [0.4, 0.5) is 0 Å². The van der Waals surface area contributed by atoms with Gasteiger partial charge in [-0.2, -0.15) is 0 Å². The summed E-state index contributed by atoms with van der Waals surface area (Å²) in [6, 6.07) is 8.09. The highest BCUT2D eigenvalue weighted by Crippen LogP contribution is 2.18. The van der Waals surface area contributed by atoms with Crippen LogP contribution >= 0.6 is 0 Å². The molecule has 0 bridgehead atoms. The maximum atomic E-state index is 5.17. The molecule has 1 unspecified atom stereocenters. The molecule has 0 saturated carbocycles. The standard InChI is InChI=1S/C18H27NO/c1-6-7-8-14(2)16(4)19-13-15(3)17-9-11-18(20-5)12-10-17/h9-14H,6-8H2,1-5H3/b15-13+,19-16+. The lowest BCUT2D eigenvalue weighted by molar-refractivity contribution is 0.415. The van der Waals surface area contributed by atoms with Crippen LogP contribution in [0, 0.1) is 5.92 Å². The van der Waals surface area contributed by atoms with Crippen molar-refractivity contribution in [2.45, 2.75) is 47.0 Å². The van der Waals surface area contributed by atoms with E-state index in [-0.39, 0.29) is 0 Å². The molecule has 1 aromatic carbocycles. The first-order chi connectivity index (χ1) is 9.58. The highest BCUT2D eigenvalue weighted by molar-refractivity contribution is 5.85. The van der Waals surface area contributed by atoms with Gasteiger partial charge in [-0.25, -0.2) is 0 Å². The number of hydrogen-bond donors (Lipinski definition) is 0. The molecule has 0 N–H and O–H groups in total. The second-order valence-electron chi connectivity index (χ2n) is 5.35. The second-order valence-corrected chi connectivity index (χ2v) is 5.35. The van der Waals surface area contributed by atoms with Crippen molar-refractivity contribution in [3.8, 4) is 5.75 Å². The monoisotopic (exact) mass is 273 g/mol. The Kier molecular flexibility index (Phi) is 7.06. The maximum Gasteiger partial charge on any atom is 0.118 e. The summed E-state index contributed by atoms with van der Waals surface area (Å²) in [7, 11) is 1.68. The minimum Gasteiger partial charge on any atom is -0.497 e. The fraction of sp³-hybridized carbons (Fsp3) is 0.500. The molecule has 0 aliphatic rings. The van der Waals surface area contributed by atoms with E-state index in [9.17, 15) is 0 Å². The van der Waals surface area contributed by atoms with E-state index >= 15 is 0 Å². The van der Waals surface area contributed by atoms with Gasteiger partial charge in [0, 0.05) is 11.9 Å². The number of benzene rings is 1. The molecule has 0 aliphatic carbocycles. The van der Waals surface area contributed by atoms with Gasteiger partial charge in [-0.1, -0.05) is 38.8 Å². The van der Waals surface area contributed by atoms with E-state index in [1.807, 2.05) is 18.3 Å². The largest absolute Gasteiger partial charge is 0.497 e. The number of aliphatic imine (C=N–C) groups is 1. The summed E-state index contributed by atoms with van der Waals surface area (Å²) in [5, 5.41) is 0. The molecule has 0 saturated heterocycles. The van der Waals surface area contributed by atoms with Gasteiger partial charge in [0.05, 0.1) is 7.11 Å². The zero-order valence-corrected chi connectivity index (χ0v) is 13.4. The molecule has 20 heavy (non-hydrogen) atoms. The van der Waals surface area contributed by atoms with E-state index in [2.05, 4.69) is 44.8 Å². The zero-order valence-electron chi connectivity index (χ0n) is 13.4. The number of unbranched alkanes of at least 4 members (excludes halogenated alkanes) is 1. The van der Waals surface area contributed by atoms with Crippen molar-refractivity contribution in [3.63, 3.8) is 0 Å². The average molecular weight is 273 g/mol. The molecule has 2 nitrogen and oxygen atoms in total. The Morgan fingerprint density at radius 2 is 1.90 bits per heavy atom. The normalized spacial score (nSPS) is 14.2. The van der Waals surface area contributed by atoms with Gasteiger partial charge in [0.2, 0.25) is 0 Å². The Morgan fingerprint density at radius 3 is 2.45 bits per heavy atom. The SMILES string of the molecule is CCCCC(C)/C(C)=N/C=C(\C)c1ccc(OC)cc1. The fourth-order valence-electron chi connectivity index (χ4n) is 1.97. The number of ether oxygens (including phenoxy) is 1. The molecule has 0 aromatic heterocycles. The topological polar surface area (TPSA) is 21.6 Å². The molecule has 2 heteroatoms. The van der Waals surface area contributed by atoms with Crippen LogP contribution in [0.1, 0.15) is 52.5 Å². The van der Waals surface area contributed by atoms with Gasteiger partial charge in [-0.05, 0) is 49.5 Å². The van der Waals surface area contributed by atoms with E-state index in [0.717, 1.165) is 5.75 Å². The summed E-state index contributed by atoms with van der Waals surface area (Å²) in [6.45, 7) is 8.70. The lowest BCUT2D eigenvalue weighted by Gasteiger charge is -2.09. The summed E-state index contributed by atoms with van der Waals surface area (Å²) in [5.74, 6) is 1.45. The molecule has 0 spiro atoms. The predicted octanol–water partition coefficient (Wildman–Crippen LogP) is 5.34. The van der Waals surface area contributed by atoms with Gasteiger partial charge < -0.3 is 4.74 Å². The molecule has 0 heterocycles. The van der Waals surface area contributed by atoms with E-state index in [0.29, 0.717) is 5.92 Å². The van der Waals surface area contributed by atoms with E-state index in [1.54, 1.807) is 7.11 Å². The third kappa shape index (κ3) is 5.20. The summed E-state index contributed by atoms with van der Waals surface area (Å²) < 4.78 is 5.17. The average Bonchev–Trinajstić information content (AvgIpc) is 2.49. The van der Waals surface area contributed by atoms with E-state index < -0.39 is 0 Å². The van der Waals surface area contributed by atoms with Crippen molar-refractivity contribution >= 4 is 11.3 Å². The lowest BCUT2D eigenvalue weighted by atomic mass is 10.00. The van der Waals surface area contributed by atoms with E-state index in [4.69, 9.17) is 4.74 Å². The van der Waals surface area contributed by atoms with Crippen molar-refractivity contribution in [1.29, 1.82) is 0 Å². The third-order valence-corrected chi connectivity index (χ3v) is 3.71. The summed E-state index contributed by atoms with van der Waals surface area (Å²) in [6.07, 6.45) is 5.72. The molecular weight excluding hydrogens is 246 g/mol. The van der Waals surface area contributed by atoms with Gasteiger partial charge in [0.1, 0.15) is 5.75 Å². The minimum absolute atomic E-state index is 0.565. The van der Waals surface area contributed by atoms with Crippen LogP contribution in [0.3, 0.4) is 0 Å². The Bertz CT molecular complexity index is 457. The lowest BCUT2D eigenvalue weighted by Crippen LogP contribution is -2.06. The van der Waals surface area contributed by atoms with Crippen molar-refractivity contribution in [1.82, 2.24) is 0 Å². The first kappa shape index (κ1) is 16.5. The Labute approximate surface area is 123 Å². The summed E-state index contributed by atoms with van der Waals surface area (Å²) >= 11 is 0. The van der Waals surface area contributed by atoms with Crippen LogP contribution in [0.5, 0.6) is 5.75 Å². The molecule has 1 atom stereocenters. The van der Waals surface area contributed by atoms with Crippen LogP contribution in [-0.4, -0.2) is 12.8 Å². The molecule has 0 radical (unpaired) electrons. The zero-order chi connectivity index (χ0) is 15.0. The van der Waals surface area contributed by atoms with Crippen molar-refractivity contribution in [3.05, 3.63) is 36.0 Å². The number of hydrogen-bond acceptors (Lipinski definition) is 2. The minimum atomic E-state index is 0.565. The molecule has 110 valence electrons. The summed E-state index contributed by atoms with van der Waals surface area (Å²) in [5.41, 5.74) is 3.57. The predicted molar refractivity (Wildman–Crippen MR) is 88.4 cm³/mol. The number of allylic oxidation sites excluding steroid dienone is 1. The highest BCUT2D eigenvalue weighted by atomic mass is 16.5. The number of rotatable bonds is 7. The Morgan fingerprint density at radius 1 is 1.25 bits per heavy atom. The van der Waals surface area contributed by atoms with Gasteiger partial charge >= 0.3 is 0 Å². The third-order valence-electron chi connectivity index (χ3n) is 3.71. The van der Waals surface area contributed by atoms with Gasteiger partial charge in [0.25, 0.3) is 0 Å². The smallest absolute Gasteiger partial charge is 0.118 e.